The van der Waals surface area contributed by atoms with E-state index in [1.807, 2.05) is 24.3 Å². The van der Waals surface area contributed by atoms with Crippen molar-refractivity contribution >= 4 is 10.0 Å². The van der Waals surface area contributed by atoms with Crippen molar-refractivity contribution in [1.29, 1.82) is 0 Å². The average Bonchev–Trinajstić information content (AvgIpc) is 2.89. The third-order valence-electron chi connectivity index (χ3n) is 4.87. The van der Waals surface area contributed by atoms with Crippen LogP contribution in [0.15, 0.2) is 59.6 Å². The van der Waals surface area contributed by atoms with Crippen molar-refractivity contribution in [3.63, 3.8) is 0 Å². The fourth-order valence-electron chi connectivity index (χ4n) is 3.87. The largest absolute Gasteiger partial charge is 0.474 e. The number of aromatic nitrogens is 1. The summed E-state index contributed by atoms with van der Waals surface area (Å²) in [5, 5.41) is 0. The molecule has 2 fully saturated rings. The summed E-state index contributed by atoms with van der Waals surface area (Å²) in [5.41, 5.74) is 0. The Bertz CT molecular complexity index is 782. The molecule has 2 aliphatic heterocycles. The van der Waals surface area contributed by atoms with Crippen molar-refractivity contribution in [2.75, 3.05) is 0 Å². The number of nitrogens with zero attached hydrogens (tertiary/aromatic N) is 2. The zero-order valence-electron chi connectivity index (χ0n) is 13.3. The van der Waals surface area contributed by atoms with Gasteiger partial charge in [-0.2, -0.15) is 4.31 Å². The van der Waals surface area contributed by atoms with Crippen molar-refractivity contribution in [2.45, 2.75) is 48.8 Å². The van der Waals surface area contributed by atoms with E-state index in [0.29, 0.717) is 10.8 Å². The first kappa shape index (κ1) is 15.6. The van der Waals surface area contributed by atoms with Gasteiger partial charge in [-0.15, -0.1) is 0 Å². The van der Waals surface area contributed by atoms with Gasteiger partial charge in [0, 0.05) is 37.2 Å². The van der Waals surface area contributed by atoms with Crippen molar-refractivity contribution in [3.05, 3.63) is 54.7 Å². The van der Waals surface area contributed by atoms with Gasteiger partial charge in [0.15, 0.2) is 0 Å². The molecule has 2 unspecified atom stereocenters. The highest BCUT2D eigenvalue weighted by molar-refractivity contribution is 7.89. The Hall–Kier alpha value is -1.92. The third-order valence-corrected chi connectivity index (χ3v) is 6.89. The molecule has 24 heavy (non-hydrogen) atoms. The SMILES string of the molecule is O=S(=O)(c1ccccc1)N1C2CCC1CC(Oc1ccccn1)C2. The molecule has 0 spiro atoms. The molecule has 4 rings (SSSR count). The maximum absolute atomic E-state index is 13.0. The van der Waals surface area contributed by atoms with Crippen LogP contribution < -0.4 is 4.74 Å². The molecule has 2 atom stereocenters. The highest BCUT2D eigenvalue weighted by atomic mass is 32.2. The molecular weight excluding hydrogens is 324 g/mol. The quantitative estimate of drug-likeness (QED) is 0.856. The summed E-state index contributed by atoms with van der Waals surface area (Å²) in [6.45, 7) is 0. The van der Waals surface area contributed by atoms with Crippen molar-refractivity contribution in [1.82, 2.24) is 9.29 Å². The fourth-order valence-corrected chi connectivity index (χ4v) is 5.79. The number of fused-ring (bicyclic) bond motifs is 2. The second kappa shape index (κ2) is 6.18. The summed E-state index contributed by atoms with van der Waals surface area (Å²) < 4.78 is 33.7. The van der Waals surface area contributed by atoms with Crippen molar-refractivity contribution < 1.29 is 13.2 Å². The number of pyridine rings is 1. The maximum atomic E-state index is 13.0. The van der Waals surface area contributed by atoms with Gasteiger partial charge in [-0.1, -0.05) is 24.3 Å². The molecule has 2 aromatic rings. The van der Waals surface area contributed by atoms with Gasteiger partial charge in [-0.05, 0) is 31.0 Å². The van der Waals surface area contributed by atoms with Crippen LogP contribution in [-0.4, -0.2) is 35.9 Å². The van der Waals surface area contributed by atoms with E-state index in [4.69, 9.17) is 4.74 Å². The molecule has 1 aromatic carbocycles. The molecular formula is C18H20N2O3S. The van der Waals surface area contributed by atoms with Gasteiger partial charge in [0.05, 0.1) is 4.90 Å². The number of benzene rings is 1. The molecule has 2 bridgehead atoms. The van der Waals surface area contributed by atoms with Gasteiger partial charge >= 0.3 is 0 Å². The lowest BCUT2D eigenvalue weighted by Crippen LogP contribution is -2.49. The molecule has 1 aromatic heterocycles. The van der Waals surface area contributed by atoms with Crippen molar-refractivity contribution in [2.24, 2.45) is 0 Å². The number of rotatable bonds is 4. The Morgan fingerprint density at radius 3 is 2.25 bits per heavy atom. The van der Waals surface area contributed by atoms with Gasteiger partial charge in [-0.25, -0.2) is 13.4 Å². The van der Waals surface area contributed by atoms with E-state index < -0.39 is 10.0 Å². The lowest BCUT2D eigenvalue weighted by Gasteiger charge is -2.37. The first-order valence-corrected chi connectivity index (χ1v) is 9.75. The lowest BCUT2D eigenvalue weighted by atomic mass is 10.0. The minimum absolute atomic E-state index is 0.0164. The molecule has 3 heterocycles. The molecule has 0 radical (unpaired) electrons. The Morgan fingerprint density at radius 1 is 0.958 bits per heavy atom. The van der Waals surface area contributed by atoms with Gasteiger partial charge in [-0.3, -0.25) is 0 Å². The van der Waals surface area contributed by atoms with Crippen LogP contribution >= 0.6 is 0 Å². The number of ether oxygens (including phenoxy) is 1. The van der Waals surface area contributed by atoms with Crippen LogP contribution in [0, 0.1) is 0 Å². The zero-order valence-corrected chi connectivity index (χ0v) is 14.1. The second-order valence-electron chi connectivity index (χ2n) is 6.41. The Morgan fingerprint density at radius 2 is 1.62 bits per heavy atom. The molecule has 6 heteroatoms. The Labute approximate surface area is 142 Å². The predicted octanol–water partition coefficient (Wildman–Crippen LogP) is 2.84. The van der Waals surface area contributed by atoms with E-state index in [2.05, 4.69) is 4.98 Å². The summed E-state index contributed by atoms with van der Waals surface area (Å²) in [5.74, 6) is 0.612. The van der Waals surface area contributed by atoms with E-state index in [1.54, 1.807) is 34.8 Å². The average molecular weight is 344 g/mol. The van der Waals surface area contributed by atoms with Crippen molar-refractivity contribution in [3.8, 4) is 5.88 Å². The minimum Gasteiger partial charge on any atom is -0.474 e. The molecule has 126 valence electrons. The monoisotopic (exact) mass is 344 g/mol. The summed E-state index contributed by atoms with van der Waals surface area (Å²) >= 11 is 0. The summed E-state index contributed by atoms with van der Waals surface area (Å²) in [6, 6.07) is 14.3. The highest BCUT2D eigenvalue weighted by Crippen LogP contribution is 2.40. The van der Waals surface area contributed by atoms with Crippen LogP contribution in [0.2, 0.25) is 0 Å². The topological polar surface area (TPSA) is 59.5 Å². The molecule has 2 aliphatic rings. The van der Waals surface area contributed by atoms with Crippen LogP contribution in [0.25, 0.3) is 0 Å². The number of hydrogen-bond donors (Lipinski definition) is 0. The molecule has 0 N–H and O–H groups in total. The smallest absolute Gasteiger partial charge is 0.243 e. The van der Waals surface area contributed by atoms with Gasteiger partial charge < -0.3 is 4.74 Å². The fraction of sp³-hybridized carbons (Fsp3) is 0.389. The van der Waals surface area contributed by atoms with E-state index in [0.717, 1.165) is 25.7 Å². The van der Waals surface area contributed by atoms with Crippen LogP contribution in [0.3, 0.4) is 0 Å². The Balaban J connectivity index is 1.53. The van der Waals surface area contributed by atoms with Gasteiger partial charge in [0.2, 0.25) is 15.9 Å². The van der Waals surface area contributed by atoms with Crippen LogP contribution in [0.1, 0.15) is 25.7 Å². The van der Waals surface area contributed by atoms with Gasteiger partial charge in [0.25, 0.3) is 0 Å². The van der Waals surface area contributed by atoms with E-state index >= 15 is 0 Å². The summed E-state index contributed by atoms with van der Waals surface area (Å²) in [6.07, 6.45) is 4.98. The van der Waals surface area contributed by atoms with E-state index in [1.165, 1.54) is 0 Å². The first-order chi connectivity index (χ1) is 11.6. The summed E-state index contributed by atoms with van der Waals surface area (Å²) in [4.78, 5) is 4.59. The summed E-state index contributed by atoms with van der Waals surface area (Å²) in [7, 11) is -3.43. The number of piperidine rings is 1. The van der Waals surface area contributed by atoms with Crippen LogP contribution in [0.5, 0.6) is 5.88 Å². The van der Waals surface area contributed by atoms with Gasteiger partial charge in [0.1, 0.15) is 6.10 Å². The Kier molecular flexibility index (Phi) is 4.02. The van der Waals surface area contributed by atoms with Crippen LogP contribution in [-0.2, 0) is 10.0 Å². The van der Waals surface area contributed by atoms with Crippen LogP contribution in [0.4, 0.5) is 0 Å². The standard InChI is InChI=1S/C18H20N2O3S/c21-24(22,17-6-2-1-3-7-17)20-14-9-10-15(20)13-16(12-14)23-18-8-4-5-11-19-18/h1-8,11,14-16H,9-10,12-13H2. The highest BCUT2D eigenvalue weighted by Gasteiger charge is 2.47. The maximum Gasteiger partial charge on any atom is 0.243 e. The molecule has 2 saturated heterocycles. The molecule has 0 saturated carbocycles. The number of sulfonamides is 1. The van der Waals surface area contributed by atoms with E-state index in [9.17, 15) is 8.42 Å². The lowest BCUT2D eigenvalue weighted by molar-refractivity contribution is 0.0918. The normalized spacial score (nSPS) is 27.1. The molecule has 0 amide bonds. The van der Waals surface area contributed by atoms with E-state index in [-0.39, 0.29) is 18.2 Å². The first-order valence-electron chi connectivity index (χ1n) is 8.31. The molecule has 5 nitrogen and oxygen atoms in total. The zero-order chi connectivity index (χ0) is 16.6. The second-order valence-corrected chi connectivity index (χ2v) is 8.26. The predicted molar refractivity (Wildman–Crippen MR) is 90.2 cm³/mol. The molecule has 0 aliphatic carbocycles. The third kappa shape index (κ3) is 2.80. The number of hydrogen-bond acceptors (Lipinski definition) is 4. The minimum atomic E-state index is -3.43.